The molecule has 0 unspecified atom stereocenters. The normalized spacial score (nSPS) is 19.6. The first kappa shape index (κ1) is 11.3. The Hall–Kier alpha value is -0.150. The van der Waals surface area contributed by atoms with Gasteiger partial charge in [0.05, 0.1) is 0 Å². The Balaban J connectivity index is 2.05. The molecule has 0 radical (unpaired) electrons. The first-order valence-electron chi connectivity index (χ1n) is 5.63. The van der Waals surface area contributed by atoms with E-state index in [0.29, 0.717) is 11.3 Å². The molecule has 0 bridgehead atoms. The highest BCUT2D eigenvalue weighted by atomic mass is 35.5. The van der Waals surface area contributed by atoms with Gasteiger partial charge in [0.2, 0.25) is 0 Å². The molecule has 0 N–H and O–H groups in total. The number of aromatic nitrogens is 2. The number of aryl methyl sites for hydroxylation is 1. The van der Waals surface area contributed by atoms with Crippen molar-refractivity contribution in [3.8, 4) is 0 Å². The van der Waals surface area contributed by atoms with Crippen LogP contribution in [0.25, 0.3) is 0 Å². The Kier molecular flexibility index (Phi) is 3.62. The molecular formula is C11H17ClN2S. The van der Waals surface area contributed by atoms with Crippen molar-refractivity contribution in [2.75, 3.05) is 5.88 Å². The molecule has 1 aliphatic rings. The summed E-state index contributed by atoms with van der Waals surface area (Å²) in [6, 6.07) is 0. The maximum absolute atomic E-state index is 5.67. The molecule has 4 heteroatoms. The van der Waals surface area contributed by atoms with Crippen molar-refractivity contribution in [1.82, 2.24) is 10.2 Å². The van der Waals surface area contributed by atoms with Gasteiger partial charge in [-0.15, -0.1) is 33.1 Å². The van der Waals surface area contributed by atoms with Crippen molar-refractivity contribution in [1.29, 1.82) is 0 Å². The number of alkyl halides is 1. The Bertz CT molecular complexity index is 318. The van der Waals surface area contributed by atoms with E-state index in [1.165, 1.54) is 30.7 Å². The van der Waals surface area contributed by atoms with E-state index in [-0.39, 0.29) is 0 Å². The van der Waals surface area contributed by atoms with Crippen molar-refractivity contribution in [2.24, 2.45) is 0 Å². The lowest BCUT2D eigenvalue weighted by Crippen LogP contribution is -2.16. The first-order chi connectivity index (χ1) is 7.24. The molecule has 0 spiro atoms. The second kappa shape index (κ2) is 4.79. The fourth-order valence-corrected chi connectivity index (χ4v) is 3.40. The number of halogens is 1. The quantitative estimate of drug-likeness (QED) is 0.758. The summed E-state index contributed by atoms with van der Waals surface area (Å²) in [7, 11) is 0. The Morgan fingerprint density at radius 1 is 1.33 bits per heavy atom. The molecule has 1 fully saturated rings. The van der Waals surface area contributed by atoms with Gasteiger partial charge in [-0.2, -0.15) is 0 Å². The predicted octanol–water partition coefficient (Wildman–Crippen LogP) is 3.54. The van der Waals surface area contributed by atoms with Gasteiger partial charge in [0.1, 0.15) is 10.0 Å². The van der Waals surface area contributed by atoms with Crippen LogP contribution < -0.4 is 0 Å². The van der Waals surface area contributed by atoms with Crippen LogP contribution in [-0.2, 0) is 11.8 Å². The number of hydrogen-bond donors (Lipinski definition) is 0. The Morgan fingerprint density at radius 2 is 2.07 bits per heavy atom. The summed E-state index contributed by atoms with van der Waals surface area (Å²) in [5.41, 5.74) is 0.316. The molecule has 1 heterocycles. The van der Waals surface area contributed by atoms with Crippen LogP contribution in [0.4, 0.5) is 0 Å². The zero-order valence-corrected chi connectivity index (χ0v) is 10.7. The average Bonchev–Trinajstić information content (AvgIpc) is 2.84. The minimum absolute atomic E-state index is 0.316. The number of nitrogens with zero attached hydrogens (tertiary/aromatic N) is 2. The van der Waals surface area contributed by atoms with E-state index >= 15 is 0 Å². The molecule has 0 saturated heterocycles. The molecule has 84 valence electrons. The lowest BCUT2D eigenvalue weighted by molar-refractivity contribution is 0.484. The van der Waals surface area contributed by atoms with Gasteiger partial charge in [-0.25, -0.2) is 0 Å². The van der Waals surface area contributed by atoms with Crippen molar-refractivity contribution >= 4 is 22.9 Å². The molecule has 0 aliphatic heterocycles. The maximum atomic E-state index is 5.67. The van der Waals surface area contributed by atoms with Crippen molar-refractivity contribution < 1.29 is 0 Å². The number of hydrogen-bond acceptors (Lipinski definition) is 3. The molecule has 1 aromatic rings. The van der Waals surface area contributed by atoms with E-state index < -0.39 is 0 Å². The van der Waals surface area contributed by atoms with Crippen LogP contribution in [0.15, 0.2) is 0 Å². The van der Waals surface area contributed by atoms with Gasteiger partial charge in [-0.1, -0.05) is 19.8 Å². The predicted molar refractivity (Wildman–Crippen MR) is 64.8 cm³/mol. The lowest BCUT2D eigenvalue weighted by Gasteiger charge is -2.18. The number of rotatable bonds is 4. The topological polar surface area (TPSA) is 25.8 Å². The molecule has 2 rings (SSSR count). The standard InChI is InChI=1S/C11H17ClN2S/c1-11(6-2-3-7-11)10-14-13-9(15-10)5-4-8-12/h2-8H2,1H3. The van der Waals surface area contributed by atoms with Crippen LogP contribution in [0.2, 0.25) is 0 Å². The summed E-state index contributed by atoms with van der Waals surface area (Å²) in [6.07, 6.45) is 7.22. The summed E-state index contributed by atoms with van der Waals surface area (Å²) in [6.45, 7) is 2.33. The van der Waals surface area contributed by atoms with E-state index in [2.05, 4.69) is 17.1 Å². The SMILES string of the molecule is CC1(c2nnc(CCCCl)s2)CCCC1. The molecule has 1 aromatic heterocycles. The maximum Gasteiger partial charge on any atom is 0.123 e. The van der Waals surface area contributed by atoms with Gasteiger partial charge in [0.15, 0.2) is 0 Å². The molecule has 1 saturated carbocycles. The van der Waals surface area contributed by atoms with Crippen LogP contribution in [-0.4, -0.2) is 16.1 Å². The van der Waals surface area contributed by atoms with Crippen molar-refractivity contribution in [3.05, 3.63) is 10.0 Å². The minimum atomic E-state index is 0.316. The molecule has 0 aromatic carbocycles. The average molecular weight is 245 g/mol. The summed E-state index contributed by atoms with van der Waals surface area (Å²) in [4.78, 5) is 0. The Labute approximate surface area is 100 Å². The van der Waals surface area contributed by atoms with Crippen LogP contribution in [0.1, 0.15) is 49.0 Å². The highest BCUT2D eigenvalue weighted by Gasteiger charge is 2.33. The van der Waals surface area contributed by atoms with E-state index in [0.717, 1.165) is 17.8 Å². The largest absolute Gasteiger partial charge is 0.144 e. The van der Waals surface area contributed by atoms with Crippen molar-refractivity contribution in [2.45, 2.75) is 50.9 Å². The smallest absolute Gasteiger partial charge is 0.123 e. The zero-order chi connectivity index (χ0) is 10.7. The summed E-state index contributed by atoms with van der Waals surface area (Å²) in [5.74, 6) is 0.714. The van der Waals surface area contributed by atoms with Crippen molar-refractivity contribution in [3.63, 3.8) is 0 Å². The monoisotopic (exact) mass is 244 g/mol. The van der Waals surface area contributed by atoms with Crippen LogP contribution >= 0.6 is 22.9 Å². The second-order valence-corrected chi connectivity index (χ2v) is 6.00. The third-order valence-corrected chi connectivity index (χ3v) is 4.77. The zero-order valence-electron chi connectivity index (χ0n) is 9.13. The lowest BCUT2D eigenvalue weighted by atomic mass is 9.90. The van der Waals surface area contributed by atoms with Gasteiger partial charge >= 0.3 is 0 Å². The first-order valence-corrected chi connectivity index (χ1v) is 6.98. The van der Waals surface area contributed by atoms with Gasteiger partial charge in [0, 0.05) is 17.7 Å². The van der Waals surface area contributed by atoms with Crippen LogP contribution in [0.3, 0.4) is 0 Å². The highest BCUT2D eigenvalue weighted by Crippen LogP contribution is 2.41. The molecule has 0 atom stereocenters. The van der Waals surface area contributed by atoms with Gasteiger partial charge < -0.3 is 0 Å². The van der Waals surface area contributed by atoms with E-state index in [1.807, 2.05) is 0 Å². The Morgan fingerprint density at radius 3 is 2.73 bits per heavy atom. The third kappa shape index (κ3) is 2.51. The van der Waals surface area contributed by atoms with E-state index in [4.69, 9.17) is 11.6 Å². The molecule has 1 aliphatic carbocycles. The fraction of sp³-hybridized carbons (Fsp3) is 0.818. The third-order valence-electron chi connectivity index (χ3n) is 3.21. The van der Waals surface area contributed by atoms with Crippen LogP contribution in [0.5, 0.6) is 0 Å². The van der Waals surface area contributed by atoms with E-state index in [9.17, 15) is 0 Å². The fourth-order valence-electron chi connectivity index (χ4n) is 2.19. The molecule has 0 amide bonds. The van der Waals surface area contributed by atoms with Gasteiger partial charge in [-0.3, -0.25) is 0 Å². The summed E-state index contributed by atoms with van der Waals surface area (Å²) in [5, 5.41) is 11.0. The summed E-state index contributed by atoms with van der Waals surface area (Å²) >= 11 is 7.46. The molecule has 15 heavy (non-hydrogen) atoms. The van der Waals surface area contributed by atoms with Gasteiger partial charge in [0.25, 0.3) is 0 Å². The highest BCUT2D eigenvalue weighted by molar-refractivity contribution is 7.11. The molecular weight excluding hydrogens is 228 g/mol. The summed E-state index contributed by atoms with van der Waals surface area (Å²) < 4.78 is 0. The van der Waals surface area contributed by atoms with Gasteiger partial charge in [-0.05, 0) is 19.3 Å². The second-order valence-electron chi connectivity index (χ2n) is 4.56. The molecule has 2 nitrogen and oxygen atoms in total. The minimum Gasteiger partial charge on any atom is -0.144 e. The van der Waals surface area contributed by atoms with Crippen LogP contribution in [0, 0.1) is 0 Å². The van der Waals surface area contributed by atoms with E-state index in [1.54, 1.807) is 11.3 Å².